The predicted octanol–water partition coefficient (Wildman–Crippen LogP) is 2.43. The van der Waals surface area contributed by atoms with E-state index < -0.39 is 0 Å². The number of nitrogens with zero attached hydrogens (tertiary/aromatic N) is 4. The van der Waals surface area contributed by atoms with E-state index in [1.165, 1.54) is 0 Å². The smallest absolute Gasteiger partial charge is 0.131 e. The van der Waals surface area contributed by atoms with Crippen LogP contribution in [0.3, 0.4) is 0 Å². The largest absolute Gasteiger partial charge is 0.383 e. The van der Waals surface area contributed by atoms with Gasteiger partial charge in [-0.25, -0.2) is 0 Å². The summed E-state index contributed by atoms with van der Waals surface area (Å²) in [5.74, 6) is 0.599. The molecule has 0 aliphatic heterocycles. The molecule has 3 aromatic rings. The maximum Gasteiger partial charge on any atom is 0.131 e. The van der Waals surface area contributed by atoms with Gasteiger partial charge in [0.25, 0.3) is 0 Å². The number of pyridine rings is 2. The Labute approximate surface area is 117 Å². The number of aryl methyl sites for hydroxylation is 2. The summed E-state index contributed by atoms with van der Waals surface area (Å²) in [5.41, 5.74) is 10.5. The van der Waals surface area contributed by atoms with Crippen molar-refractivity contribution in [3.63, 3.8) is 0 Å². The molecule has 0 aliphatic rings. The number of nitrogens with two attached hydrogens (primary N) is 1. The summed E-state index contributed by atoms with van der Waals surface area (Å²) in [6.45, 7) is 1.96. The normalized spacial score (nSPS) is 10.7. The third kappa shape index (κ3) is 1.93. The molecule has 0 aromatic carbocycles. The second-order valence-corrected chi connectivity index (χ2v) is 4.58. The van der Waals surface area contributed by atoms with Crippen LogP contribution in [0.2, 0.25) is 0 Å². The lowest BCUT2D eigenvalue weighted by Gasteiger charge is -2.05. The fourth-order valence-electron chi connectivity index (χ4n) is 2.22. The number of aromatic nitrogens is 4. The summed E-state index contributed by atoms with van der Waals surface area (Å²) < 4.78 is 1.67. The van der Waals surface area contributed by atoms with Crippen molar-refractivity contribution in [2.75, 3.05) is 5.73 Å². The van der Waals surface area contributed by atoms with E-state index in [9.17, 15) is 0 Å². The Morgan fingerprint density at radius 3 is 2.55 bits per heavy atom. The van der Waals surface area contributed by atoms with Crippen LogP contribution in [-0.2, 0) is 7.05 Å². The minimum atomic E-state index is 0.599. The van der Waals surface area contributed by atoms with Gasteiger partial charge in [0.15, 0.2) is 0 Å². The van der Waals surface area contributed by atoms with Crippen molar-refractivity contribution in [1.82, 2.24) is 19.7 Å². The predicted molar refractivity (Wildman–Crippen MR) is 78.8 cm³/mol. The van der Waals surface area contributed by atoms with Crippen molar-refractivity contribution in [3.8, 4) is 22.5 Å². The van der Waals surface area contributed by atoms with E-state index in [4.69, 9.17) is 5.73 Å². The van der Waals surface area contributed by atoms with E-state index >= 15 is 0 Å². The Morgan fingerprint density at radius 2 is 1.85 bits per heavy atom. The van der Waals surface area contributed by atoms with Gasteiger partial charge in [-0.1, -0.05) is 6.07 Å². The summed E-state index contributed by atoms with van der Waals surface area (Å²) in [4.78, 5) is 8.70. The van der Waals surface area contributed by atoms with Crippen molar-refractivity contribution in [2.45, 2.75) is 6.92 Å². The zero-order chi connectivity index (χ0) is 14.1. The van der Waals surface area contributed by atoms with Gasteiger partial charge in [-0.2, -0.15) is 5.10 Å². The monoisotopic (exact) mass is 265 g/mol. The topological polar surface area (TPSA) is 69.6 Å². The van der Waals surface area contributed by atoms with Crippen molar-refractivity contribution in [3.05, 3.63) is 48.4 Å². The third-order valence-corrected chi connectivity index (χ3v) is 3.27. The molecule has 100 valence electrons. The van der Waals surface area contributed by atoms with Gasteiger partial charge in [0, 0.05) is 30.7 Å². The average molecular weight is 265 g/mol. The summed E-state index contributed by atoms with van der Waals surface area (Å²) in [6.07, 6.45) is 3.52. The fourth-order valence-corrected chi connectivity index (χ4v) is 2.22. The molecular formula is C15H15N5. The lowest BCUT2D eigenvalue weighted by Crippen LogP contribution is -1.98. The molecule has 5 heteroatoms. The fraction of sp³-hybridized carbons (Fsp3) is 0.133. The van der Waals surface area contributed by atoms with Crippen LogP contribution in [-0.4, -0.2) is 19.7 Å². The summed E-state index contributed by atoms with van der Waals surface area (Å²) in [7, 11) is 1.83. The highest BCUT2D eigenvalue weighted by Crippen LogP contribution is 2.35. The molecule has 0 radical (unpaired) electrons. The summed E-state index contributed by atoms with van der Waals surface area (Å²) >= 11 is 0. The van der Waals surface area contributed by atoms with Gasteiger partial charge >= 0.3 is 0 Å². The van der Waals surface area contributed by atoms with Crippen LogP contribution in [0.5, 0.6) is 0 Å². The van der Waals surface area contributed by atoms with E-state index in [0.717, 1.165) is 28.2 Å². The van der Waals surface area contributed by atoms with E-state index in [-0.39, 0.29) is 0 Å². The Morgan fingerprint density at radius 1 is 1.05 bits per heavy atom. The first-order chi connectivity index (χ1) is 9.68. The maximum atomic E-state index is 6.16. The minimum absolute atomic E-state index is 0.599. The molecule has 3 aromatic heterocycles. The SMILES string of the molecule is Cc1ncccc1-c1nn(C)c(N)c1-c1ccccn1. The Kier molecular flexibility index (Phi) is 2.95. The molecule has 0 atom stereocenters. The third-order valence-electron chi connectivity index (χ3n) is 3.27. The average Bonchev–Trinajstić information content (AvgIpc) is 2.76. The highest BCUT2D eigenvalue weighted by molar-refractivity contribution is 5.87. The second kappa shape index (κ2) is 4.77. The molecule has 0 aliphatic carbocycles. The van der Waals surface area contributed by atoms with E-state index in [1.807, 2.05) is 44.3 Å². The second-order valence-electron chi connectivity index (χ2n) is 4.58. The molecular weight excluding hydrogens is 250 g/mol. The molecule has 3 heterocycles. The van der Waals surface area contributed by atoms with E-state index in [0.29, 0.717) is 5.82 Å². The van der Waals surface area contributed by atoms with Crippen LogP contribution in [0.4, 0.5) is 5.82 Å². The molecule has 5 nitrogen and oxygen atoms in total. The zero-order valence-electron chi connectivity index (χ0n) is 11.4. The van der Waals surface area contributed by atoms with Crippen LogP contribution < -0.4 is 5.73 Å². The molecule has 2 N–H and O–H groups in total. The molecule has 3 rings (SSSR count). The van der Waals surface area contributed by atoms with Crippen molar-refractivity contribution in [2.24, 2.45) is 7.05 Å². The van der Waals surface area contributed by atoms with Gasteiger partial charge in [0.2, 0.25) is 0 Å². The van der Waals surface area contributed by atoms with Gasteiger partial charge in [-0.05, 0) is 31.2 Å². The van der Waals surface area contributed by atoms with Crippen molar-refractivity contribution >= 4 is 5.82 Å². The van der Waals surface area contributed by atoms with Gasteiger partial charge < -0.3 is 5.73 Å². The molecule has 0 saturated heterocycles. The molecule has 20 heavy (non-hydrogen) atoms. The van der Waals surface area contributed by atoms with Crippen molar-refractivity contribution in [1.29, 1.82) is 0 Å². The van der Waals surface area contributed by atoms with Crippen LogP contribution in [0, 0.1) is 6.92 Å². The molecule has 0 unspecified atom stereocenters. The van der Waals surface area contributed by atoms with Gasteiger partial charge in [0.1, 0.15) is 11.5 Å². The number of hydrogen-bond donors (Lipinski definition) is 1. The first kappa shape index (κ1) is 12.3. The minimum Gasteiger partial charge on any atom is -0.383 e. The van der Waals surface area contributed by atoms with Crippen LogP contribution in [0.1, 0.15) is 5.69 Å². The van der Waals surface area contributed by atoms with Crippen molar-refractivity contribution < 1.29 is 0 Å². The highest BCUT2D eigenvalue weighted by Gasteiger charge is 2.19. The van der Waals surface area contributed by atoms with Crippen LogP contribution in [0.15, 0.2) is 42.7 Å². The zero-order valence-corrected chi connectivity index (χ0v) is 11.4. The van der Waals surface area contributed by atoms with E-state index in [2.05, 4.69) is 15.1 Å². The summed E-state index contributed by atoms with van der Waals surface area (Å²) in [5, 5.41) is 4.53. The molecule has 0 saturated carbocycles. The number of anilines is 1. The van der Waals surface area contributed by atoms with Crippen LogP contribution >= 0.6 is 0 Å². The number of rotatable bonds is 2. The van der Waals surface area contributed by atoms with E-state index in [1.54, 1.807) is 17.1 Å². The number of hydrogen-bond acceptors (Lipinski definition) is 4. The Hall–Kier alpha value is -2.69. The van der Waals surface area contributed by atoms with Gasteiger partial charge in [-0.15, -0.1) is 0 Å². The molecule has 0 spiro atoms. The Bertz CT molecular complexity index is 746. The molecule has 0 fully saturated rings. The standard InChI is InChI=1S/C15H15N5/c1-10-11(6-5-9-17-10)14-13(15(16)20(2)19-14)12-7-3-4-8-18-12/h3-9H,16H2,1-2H3. The maximum absolute atomic E-state index is 6.16. The first-order valence-electron chi connectivity index (χ1n) is 6.34. The lowest BCUT2D eigenvalue weighted by atomic mass is 10.0. The molecule has 0 bridgehead atoms. The molecule has 0 amide bonds. The quantitative estimate of drug-likeness (QED) is 0.772. The highest BCUT2D eigenvalue weighted by atomic mass is 15.3. The van der Waals surface area contributed by atoms with Gasteiger partial charge in [-0.3, -0.25) is 14.6 Å². The summed E-state index contributed by atoms with van der Waals surface area (Å²) in [6, 6.07) is 9.65. The first-order valence-corrected chi connectivity index (χ1v) is 6.34. The van der Waals surface area contributed by atoms with Gasteiger partial charge in [0.05, 0.1) is 11.3 Å². The number of nitrogen functional groups attached to an aromatic ring is 1. The lowest BCUT2D eigenvalue weighted by molar-refractivity contribution is 0.782. The Balaban J connectivity index is 2.28. The van der Waals surface area contributed by atoms with Crippen LogP contribution in [0.25, 0.3) is 22.5 Å².